The topological polar surface area (TPSA) is 92.5 Å². The number of rotatable bonds is 9. The normalized spacial score (nSPS) is 14.5. The van der Waals surface area contributed by atoms with E-state index in [4.69, 9.17) is 5.10 Å². The molecule has 8 nitrogen and oxygen atoms in total. The van der Waals surface area contributed by atoms with Gasteiger partial charge in [0.05, 0.1) is 34.6 Å². The minimum atomic E-state index is -0.346. The number of carbonyl (C=O) groups excluding carboxylic acids is 2. The van der Waals surface area contributed by atoms with Crippen molar-refractivity contribution in [1.29, 1.82) is 0 Å². The number of halogens is 1. The van der Waals surface area contributed by atoms with Gasteiger partial charge in [0.25, 0.3) is 11.8 Å². The fraction of sp³-hybridized carbons (Fsp3) is 0.182. The van der Waals surface area contributed by atoms with Crippen molar-refractivity contribution < 1.29 is 14.0 Å². The molecule has 0 aliphatic carbocycles. The Morgan fingerprint density at radius 3 is 2.55 bits per heavy atom. The van der Waals surface area contributed by atoms with Crippen molar-refractivity contribution in [2.45, 2.75) is 38.0 Å². The first-order valence-corrected chi connectivity index (χ1v) is 15.9. The van der Waals surface area contributed by atoms with Crippen LogP contribution in [0.15, 0.2) is 101 Å². The van der Waals surface area contributed by atoms with Crippen LogP contribution in [0.4, 0.5) is 4.39 Å². The maximum atomic E-state index is 13.7. The molecule has 2 aromatic heterocycles. The Hall–Kier alpha value is -4.61. The Morgan fingerprint density at radius 1 is 1.00 bits per heavy atom. The van der Waals surface area contributed by atoms with Gasteiger partial charge in [0.1, 0.15) is 5.82 Å². The van der Waals surface area contributed by atoms with Crippen LogP contribution in [0.1, 0.15) is 50.2 Å². The first kappa shape index (κ1) is 29.5. The molecule has 0 radical (unpaired) electrons. The van der Waals surface area contributed by atoms with E-state index in [1.165, 1.54) is 28.9 Å². The number of carbonyl (C=O) groups is 2. The van der Waals surface area contributed by atoms with Crippen LogP contribution < -0.4 is 5.32 Å². The van der Waals surface area contributed by atoms with E-state index in [1.807, 2.05) is 72.3 Å². The van der Waals surface area contributed by atoms with E-state index in [1.54, 1.807) is 35.6 Å². The number of amides is 2. The molecule has 2 amide bonds. The molecule has 0 saturated carbocycles. The van der Waals surface area contributed by atoms with Crippen LogP contribution in [0.5, 0.6) is 0 Å². The van der Waals surface area contributed by atoms with Crippen LogP contribution in [-0.2, 0) is 11.3 Å². The van der Waals surface area contributed by atoms with Crippen molar-refractivity contribution in [2.24, 2.45) is 5.10 Å². The fourth-order valence-corrected chi connectivity index (χ4v) is 6.57. The largest absolute Gasteiger partial charge is 0.345 e. The summed E-state index contributed by atoms with van der Waals surface area (Å²) in [4.78, 5) is 27.5. The van der Waals surface area contributed by atoms with Gasteiger partial charge in [0.2, 0.25) is 0 Å². The maximum absolute atomic E-state index is 13.7. The lowest BCUT2D eigenvalue weighted by atomic mass is 10.0. The molecule has 0 bridgehead atoms. The molecule has 0 saturated heterocycles. The number of hydrogen-bond donors (Lipinski definition) is 1. The third kappa shape index (κ3) is 6.34. The van der Waals surface area contributed by atoms with Gasteiger partial charge in [-0.25, -0.2) is 9.40 Å². The smallest absolute Gasteiger partial charge is 0.253 e. The predicted molar refractivity (Wildman–Crippen MR) is 171 cm³/mol. The number of hydrazone groups is 1. The van der Waals surface area contributed by atoms with Gasteiger partial charge in [-0.2, -0.15) is 5.10 Å². The number of nitrogens with zero attached hydrogens (tertiary/aromatic N) is 5. The quantitative estimate of drug-likeness (QED) is 0.190. The highest BCUT2D eigenvalue weighted by molar-refractivity contribution is 7.99. The lowest BCUT2D eigenvalue weighted by Crippen LogP contribution is -2.28. The third-order valence-electron chi connectivity index (χ3n) is 7.30. The number of thiophene rings is 1. The summed E-state index contributed by atoms with van der Waals surface area (Å²) in [5.74, 6) is -0.156. The van der Waals surface area contributed by atoms with Crippen LogP contribution in [0.2, 0.25) is 0 Å². The van der Waals surface area contributed by atoms with Gasteiger partial charge >= 0.3 is 0 Å². The van der Waals surface area contributed by atoms with Gasteiger partial charge < -0.3 is 5.32 Å². The minimum absolute atomic E-state index is 0.0539. The van der Waals surface area contributed by atoms with Gasteiger partial charge in [0.15, 0.2) is 11.0 Å². The molecule has 44 heavy (non-hydrogen) atoms. The molecule has 0 spiro atoms. The molecule has 1 aliphatic heterocycles. The summed E-state index contributed by atoms with van der Waals surface area (Å²) in [5, 5.41) is 20.5. The Balaban J connectivity index is 1.26. The van der Waals surface area contributed by atoms with Gasteiger partial charge in [0, 0.05) is 12.0 Å². The number of aryl methyl sites for hydroxylation is 2. The number of benzene rings is 3. The van der Waals surface area contributed by atoms with Crippen molar-refractivity contribution in [1.82, 2.24) is 25.1 Å². The number of thioether (sulfide) groups is 1. The van der Waals surface area contributed by atoms with Gasteiger partial charge in [-0.1, -0.05) is 60.3 Å². The van der Waals surface area contributed by atoms with Crippen molar-refractivity contribution in [3.8, 4) is 5.69 Å². The summed E-state index contributed by atoms with van der Waals surface area (Å²) >= 11 is 2.83. The zero-order valence-electron chi connectivity index (χ0n) is 24.1. The van der Waals surface area contributed by atoms with E-state index in [9.17, 15) is 14.0 Å². The summed E-state index contributed by atoms with van der Waals surface area (Å²) in [6.07, 6.45) is 0.534. The van der Waals surface area contributed by atoms with Crippen molar-refractivity contribution >= 4 is 40.6 Å². The monoisotopic (exact) mass is 624 g/mol. The molecule has 1 N–H and O–H groups in total. The summed E-state index contributed by atoms with van der Waals surface area (Å²) in [7, 11) is 0. The second kappa shape index (κ2) is 12.9. The van der Waals surface area contributed by atoms with E-state index >= 15 is 0 Å². The number of hydrogen-bond acceptors (Lipinski definition) is 7. The molecular formula is C33H29FN6O2S2. The molecule has 3 aromatic carbocycles. The first-order chi connectivity index (χ1) is 21.4. The van der Waals surface area contributed by atoms with E-state index in [-0.39, 0.29) is 36.0 Å². The molecule has 1 atom stereocenters. The molecule has 3 heterocycles. The molecule has 222 valence electrons. The summed E-state index contributed by atoms with van der Waals surface area (Å²) in [6.45, 7) is 4.15. The SMILES string of the molecule is Cc1ccc(C)c(-n2c(CNC(=O)c3ccccc3)nnc2SCC(=O)N2N=C(c3cccs3)CC2c2ccc(F)cc2)c1. The number of nitrogens with one attached hydrogen (secondary N) is 1. The highest BCUT2D eigenvalue weighted by atomic mass is 32.2. The van der Waals surface area contributed by atoms with Gasteiger partial charge in [-0.3, -0.25) is 14.2 Å². The summed E-state index contributed by atoms with van der Waals surface area (Å²) in [5.41, 5.74) is 5.12. The molecule has 11 heteroatoms. The highest BCUT2D eigenvalue weighted by Gasteiger charge is 2.34. The van der Waals surface area contributed by atoms with Crippen molar-refractivity contribution in [2.75, 3.05) is 5.75 Å². The minimum Gasteiger partial charge on any atom is -0.345 e. The van der Waals surface area contributed by atoms with Gasteiger partial charge in [-0.15, -0.1) is 21.5 Å². The number of aromatic nitrogens is 3. The zero-order valence-corrected chi connectivity index (χ0v) is 25.7. The van der Waals surface area contributed by atoms with Crippen LogP contribution >= 0.6 is 23.1 Å². The first-order valence-electron chi connectivity index (χ1n) is 14.0. The van der Waals surface area contributed by atoms with Crippen LogP contribution in [0.25, 0.3) is 5.69 Å². The second-order valence-corrected chi connectivity index (χ2v) is 12.3. The molecule has 1 aliphatic rings. The average Bonchev–Trinajstić information content (AvgIpc) is 3.81. The standard InChI is InChI=1S/C33H29FN6O2S2/c1-21-10-11-22(2)27(17-21)39-30(19-35-32(42)24-7-4-3-5-8-24)36-37-33(39)44-20-31(41)40-28(23-12-14-25(34)15-13-23)18-26(38-40)29-9-6-16-43-29/h3-17,28H,18-20H2,1-2H3,(H,35,42). The van der Waals surface area contributed by atoms with Crippen molar-refractivity contribution in [3.05, 3.63) is 129 Å². The highest BCUT2D eigenvalue weighted by Crippen LogP contribution is 2.35. The molecule has 1 unspecified atom stereocenters. The Kier molecular flexibility index (Phi) is 8.67. The lowest BCUT2D eigenvalue weighted by molar-refractivity contribution is -0.130. The van der Waals surface area contributed by atoms with Gasteiger partial charge in [-0.05, 0) is 72.3 Å². The Labute approximate surface area is 262 Å². The van der Waals surface area contributed by atoms with Crippen molar-refractivity contribution in [3.63, 3.8) is 0 Å². The Bertz CT molecular complexity index is 1820. The summed E-state index contributed by atoms with van der Waals surface area (Å²) < 4.78 is 15.6. The molecule has 0 fully saturated rings. The molecule has 6 rings (SSSR count). The third-order valence-corrected chi connectivity index (χ3v) is 9.13. The van der Waals surface area contributed by atoms with E-state index in [0.29, 0.717) is 23.0 Å². The maximum Gasteiger partial charge on any atom is 0.253 e. The zero-order chi connectivity index (χ0) is 30.6. The van der Waals surface area contributed by atoms with E-state index < -0.39 is 0 Å². The van der Waals surface area contributed by atoms with Crippen LogP contribution in [0, 0.1) is 19.7 Å². The lowest BCUT2D eigenvalue weighted by Gasteiger charge is -2.22. The van der Waals surface area contributed by atoms with Crippen LogP contribution in [-0.4, -0.2) is 43.1 Å². The van der Waals surface area contributed by atoms with E-state index in [2.05, 4.69) is 15.5 Å². The average molecular weight is 625 g/mol. The molecular weight excluding hydrogens is 596 g/mol. The summed E-state index contributed by atoms with van der Waals surface area (Å²) in [6, 6.07) is 24.9. The molecule has 5 aromatic rings. The van der Waals surface area contributed by atoms with E-state index in [0.717, 1.165) is 33.0 Å². The second-order valence-electron chi connectivity index (χ2n) is 10.4. The predicted octanol–water partition coefficient (Wildman–Crippen LogP) is 6.48. The fourth-order valence-electron chi connectivity index (χ4n) is 5.03. The van der Waals surface area contributed by atoms with Crippen LogP contribution in [0.3, 0.4) is 0 Å². The Morgan fingerprint density at radius 2 is 1.80 bits per heavy atom.